The normalized spacial score (nSPS) is 12.2. The molecule has 0 aliphatic rings. The van der Waals surface area contributed by atoms with Crippen LogP contribution >= 0.6 is 0 Å². The maximum atomic E-state index is 12.1. The predicted octanol–water partition coefficient (Wildman–Crippen LogP) is 4.23. The molecule has 0 spiro atoms. The summed E-state index contributed by atoms with van der Waals surface area (Å²) < 4.78 is 5.31. The van der Waals surface area contributed by atoms with Gasteiger partial charge in [0, 0.05) is 11.6 Å². The third kappa shape index (κ3) is 3.98. The van der Waals surface area contributed by atoms with Crippen LogP contribution in [0.1, 0.15) is 24.1 Å². The summed E-state index contributed by atoms with van der Waals surface area (Å²) in [6.07, 6.45) is 6.42. The predicted molar refractivity (Wildman–Crippen MR) is 94.0 cm³/mol. The van der Waals surface area contributed by atoms with Crippen LogP contribution in [0.3, 0.4) is 0 Å². The Labute approximate surface area is 140 Å². The lowest BCUT2D eigenvalue weighted by Crippen LogP contribution is -2.24. The number of carbonyl (C=O) groups is 1. The second-order valence-electron chi connectivity index (χ2n) is 5.47. The van der Waals surface area contributed by atoms with Gasteiger partial charge in [-0.25, -0.2) is 4.98 Å². The van der Waals surface area contributed by atoms with E-state index in [0.717, 1.165) is 16.7 Å². The Kier molecular flexibility index (Phi) is 4.87. The Morgan fingerprint density at radius 2 is 2.00 bits per heavy atom. The van der Waals surface area contributed by atoms with Gasteiger partial charge in [0.2, 0.25) is 5.91 Å². The zero-order valence-electron chi connectivity index (χ0n) is 13.3. The lowest BCUT2D eigenvalue weighted by molar-refractivity contribution is -0.117. The smallest absolute Gasteiger partial charge is 0.244 e. The summed E-state index contributed by atoms with van der Waals surface area (Å²) in [7, 11) is 0. The molecule has 1 atom stereocenters. The fourth-order valence-electron chi connectivity index (χ4n) is 2.40. The van der Waals surface area contributed by atoms with E-state index in [4.69, 9.17) is 4.42 Å². The minimum atomic E-state index is -0.128. The van der Waals surface area contributed by atoms with Crippen LogP contribution < -0.4 is 5.32 Å². The van der Waals surface area contributed by atoms with Gasteiger partial charge in [0.25, 0.3) is 0 Å². The summed E-state index contributed by atoms with van der Waals surface area (Å²) in [6, 6.07) is 17.5. The summed E-state index contributed by atoms with van der Waals surface area (Å²) in [5.41, 5.74) is 2.93. The Balaban J connectivity index is 1.66. The molecule has 1 unspecified atom stereocenters. The average molecular weight is 318 g/mol. The molecular weight excluding hydrogens is 300 g/mol. The minimum Gasteiger partial charge on any atom is -0.444 e. The van der Waals surface area contributed by atoms with Gasteiger partial charge < -0.3 is 9.73 Å². The number of oxazole rings is 1. The highest BCUT2D eigenvalue weighted by Crippen LogP contribution is 2.22. The van der Waals surface area contributed by atoms with E-state index in [1.165, 1.54) is 6.39 Å². The SMILES string of the molecule is CC(NC(=O)C=Cc1ccccc1)c1cccc(-c2cnco2)c1. The fraction of sp³-hybridized carbons (Fsp3) is 0.100. The topological polar surface area (TPSA) is 55.1 Å². The van der Waals surface area contributed by atoms with E-state index in [-0.39, 0.29) is 11.9 Å². The van der Waals surface area contributed by atoms with Gasteiger partial charge in [0.1, 0.15) is 0 Å². The van der Waals surface area contributed by atoms with Crippen LogP contribution in [0.2, 0.25) is 0 Å². The Morgan fingerprint density at radius 3 is 2.75 bits per heavy atom. The number of benzene rings is 2. The molecule has 1 aromatic heterocycles. The second kappa shape index (κ2) is 7.42. The number of hydrogen-bond donors (Lipinski definition) is 1. The molecule has 120 valence electrons. The lowest BCUT2D eigenvalue weighted by atomic mass is 10.0. The third-order valence-corrected chi connectivity index (χ3v) is 3.69. The maximum absolute atomic E-state index is 12.1. The molecule has 2 aromatic carbocycles. The van der Waals surface area contributed by atoms with Crippen molar-refractivity contribution in [3.63, 3.8) is 0 Å². The number of rotatable bonds is 5. The van der Waals surface area contributed by atoms with E-state index in [1.807, 2.05) is 61.5 Å². The molecule has 3 aromatic rings. The van der Waals surface area contributed by atoms with Gasteiger partial charge in [-0.05, 0) is 30.2 Å². The van der Waals surface area contributed by atoms with E-state index in [9.17, 15) is 4.79 Å². The molecule has 24 heavy (non-hydrogen) atoms. The van der Waals surface area contributed by atoms with Crippen molar-refractivity contribution in [3.8, 4) is 11.3 Å². The zero-order chi connectivity index (χ0) is 16.8. The van der Waals surface area contributed by atoms with Crippen LogP contribution in [0.15, 0.2) is 77.7 Å². The van der Waals surface area contributed by atoms with Crippen LogP contribution in [0.5, 0.6) is 0 Å². The Bertz CT molecular complexity index is 824. The Hall–Kier alpha value is -3.14. The van der Waals surface area contributed by atoms with Crippen molar-refractivity contribution >= 4 is 12.0 Å². The molecular formula is C20H18N2O2. The van der Waals surface area contributed by atoms with Crippen molar-refractivity contribution in [2.45, 2.75) is 13.0 Å². The molecule has 3 rings (SSSR count). The minimum absolute atomic E-state index is 0.110. The molecule has 0 saturated heterocycles. The van der Waals surface area contributed by atoms with Crippen LogP contribution in [0, 0.1) is 0 Å². The number of carbonyl (C=O) groups excluding carboxylic acids is 1. The van der Waals surface area contributed by atoms with Crippen molar-refractivity contribution in [2.75, 3.05) is 0 Å². The van der Waals surface area contributed by atoms with E-state index < -0.39 is 0 Å². The molecule has 1 amide bonds. The molecule has 0 radical (unpaired) electrons. The van der Waals surface area contributed by atoms with Crippen LogP contribution in [0.4, 0.5) is 0 Å². The fourth-order valence-corrected chi connectivity index (χ4v) is 2.40. The van der Waals surface area contributed by atoms with E-state index >= 15 is 0 Å². The van der Waals surface area contributed by atoms with Crippen LogP contribution in [-0.4, -0.2) is 10.9 Å². The second-order valence-corrected chi connectivity index (χ2v) is 5.47. The first-order valence-corrected chi connectivity index (χ1v) is 7.75. The van der Waals surface area contributed by atoms with Gasteiger partial charge in [-0.15, -0.1) is 0 Å². The van der Waals surface area contributed by atoms with Crippen molar-refractivity contribution < 1.29 is 9.21 Å². The van der Waals surface area contributed by atoms with Gasteiger partial charge in [0.15, 0.2) is 12.2 Å². The molecule has 1 N–H and O–H groups in total. The van der Waals surface area contributed by atoms with Crippen LogP contribution in [-0.2, 0) is 4.79 Å². The molecule has 0 fully saturated rings. The highest BCUT2D eigenvalue weighted by Gasteiger charge is 2.09. The molecule has 0 aliphatic carbocycles. The van der Waals surface area contributed by atoms with Gasteiger partial charge >= 0.3 is 0 Å². The van der Waals surface area contributed by atoms with Gasteiger partial charge in [-0.2, -0.15) is 0 Å². The molecule has 4 heteroatoms. The van der Waals surface area contributed by atoms with Crippen LogP contribution in [0.25, 0.3) is 17.4 Å². The van der Waals surface area contributed by atoms with Crippen molar-refractivity contribution in [1.82, 2.24) is 10.3 Å². The largest absolute Gasteiger partial charge is 0.444 e. The molecule has 0 bridgehead atoms. The van der Waals surface area contributed by atoms with E-state index in [2.05, 4.69) is 10.3 Å². The highest BCUT2D eigenvalue weighted by molar-refractivity contribution is 5.92. The summed E-state index contributed by atoms with van der Waals surface area (Å²) >= 11 is 0. The maximum Gasteiger partial charge on any atom is 0.244 e. The quantitative estimate of drug-likeness (QED) is 0.716. The summed E-state index contributed by atoms with van der Waals surface area (Å²) in [4.78, 5) is 16.0. The van der Waals surface area contributed by atoms with Gasteiger partial charge in [-0.1, -0.05) is 48.5 Å². The standard InChI is InChI=1S/C20H18N2O2/c1-15(22-20(23)11-10-16-6-3-2-4-7-16)17-8-5-9-18(12-17)19-13-21-14-24-19/h2-15H,1H3,(H,22,23). The first kappa shape index (κ1) is 15.7. The molecule has 0 aliphatic heterocycles. The number of aromatic nitrogens is 1. The summed E-state index contributed by atoms with van der Waals surface area (Å²) in [5, 5.41) is 2.97. The number of nitrogens with zero attached hydrogens (tertiary/aromatic N) is 1. The van der Waals surface area contributed by atoms with E-state index in [1.54, 1.807) is 18.3 Å². The summed E-state index contributed by atoms with van der Waals surface area (Å²) in [6.45, 7) is 1.95. The van der Waals surface area contributed by atoms with Crippen molar-refractivity contribution in [1.29, 1.82) is 0 Å². The Morgan fingerprint density at radius 1 is 1.17 bits per heavy atom. The monoisotopic (exact) mass is 318 g/mol. The first-order chi connectivity index (χ1) is 11.7. The van der Waals surface area contributed by atoms with Crippen molar-refractivity contribution in [3.05, 3.63) is 84.4 Å². The number of hydrogen-bond acceptors (Lipinski definition) is 3. The summed E-state index contributed by atoms with van der Waals surface area (Å²) in [5.74, 6) is 0.579. The molecule has 1 heterocycles. The lowest BCUT2D eigenvalue weighted by Gasteiger charge is -2.13. The number of amides is 1. The highest BCUT2D eigenvalue weighted by atomic mass is 16.3. The first-order valence-electron chi connectivity index (χ1n) is 7.75. The number of nitrogens with one attached hydrogen (secondary N) is 1. The molecule has 4 nitrogen and oxygen atoms in total. The van der Waals surface area contributed by atoms with Gasteiger partial charge in [-0.3, -0.25) is 4.79 Å². The zero-order valence-corrected chi connectivity index (χ0v) is 13.3. The van der Waals surface area contributed by atoms with Gasteiger partial charge in [0.05, 0.1) is 12.2 Å². The molecule has 0 saturated carbocycles. The van der Waals surface area contributed by atoms with Crippen molar-refractivity contribution in [2.24, 2.45) is 0 Å². The average Bonchev–Trinajstić information content (AvgIpc) is 3.16. The van der Waals surface area contributed by atoms with E-state index in [0.29, 0.717) is 5.76 Å². The third-order valence-electron chi connectivity index (χ3n) is 3.69.